The Hall–Kier alpha value is -3.65. The first-order chi connectivity index (χ1) is 18.0. The third kappa shape index (κ3) is 5.69. The number of fused-ring (bicyclic) bond motifs is 1. The van der Waals surface area contributed by atoms with Gasteiger partial charge in [0, 0.05) is 30.9 Å². The van der Waals surface area contributed by atoms with Crippen LogP contribution < -0.4 is 10.6 Å². The van der Waals surface area contributed by atoms with Gasteiger partial charge in [0.05, 0.1) is 18.6 Å². The van der Waals surface area contributed by atoms with E-state index in [9.17, 15) is 14.7 Å². The van der Waals surface area contributed by atoms with E-state index in [1.165, 1.54) is 11.6 Å². The highest BCUT2D eigenvalue weighted by Crippen LogP contribution is 2.32. The van der Waals surface area contributed by atoms with Crippen molar-refractivity contribution in [1.82, 2.24) is 20.4 Å². The molecular formula is C29H33FN4O3. The topological polar surface area (TPSA) is 84.9 Å². The zero-order valence-electron chi connectivity index (χ0n) is 20.8. The van der Waals surface area contributed by atoms with Crippen LogP contribution in [0.25, 0.3) is 11.1 Å². The number of hydrogen-bond donors (Lipinski definition) is 3. The van der Waals surface area contributed by atoms with Crippen LogP contribution in [0.5, 0.6) is 0 Å². The molecule has 7 nitrogen and oxygen atoms in total. The number of nitrogens with one attached hydrogen (secondary N) is 2. The van der Waals surface area contributed by atoms with Gasteiger partial charge in [-0.05, 0) is 61.1 Å². The molecule has 2 saturated heterocycles. The summed E-state index contributed by atoms with van der Waals surface area (Å²) in [7, 11) is 0. The largest absolute Gasteiger partial charge is 0.481 e. The van der Waals surface area contributed by atoms with E-state index < -0.39 is 17.8 Å². The van der Waals surface area contributed by atoms with Gasteiger partial charge in [-0.2, -0.15) is 0 Å². The molecule has 0 saturated carbocycles. The quantitative estimate of drug-likeness (QED) is 0.463. The number of carboxylic acid groups (broad SMARTS) is 1. The highest BCUT2D eigenvalue weighted by molar-refractivity contribution is 5.78. The highest BCUT2D eigenvalue weighted by atomic mass is 19.1. The minimum absolute atomic E-state index is 0.194. The number of carboxylic acids is 1. The zero-order chi connectivity index (χ0) is 25.8. The molecule has 5 rings (SSSR count). The predicted molar refractivity (Wildman–Crippen MR) is 140 cm³/mol. The van der Waals surface area contributed by atoms with Crippen LogP contribution in [-0.4, -0.2) is 59.3 Å². The van der Waals surface area contributed by atoms with Crippen molar-refractivity contribution in [2.75, 3.05) is 26.2 Å². The summed E-state index contributed by atoms with van der Waals surface area (Å²) in [6.45, 7) is 2.54. The van der Waals surface area contributed by atoms with Crippen LogP contribution in [-0.2, 0) is 4.79 Å². The Morgan fingerprint density at radius 2 is 1.97 bits per heavy atom. The number of dihydropyridines is 1. The summed E-state index contributed by atoms with van der Waals surface area (Å²) in [5, 5.41) is 16.6. The SMILES string of the molecule is O=C(O)C[C@H](c1ccc(-c2ccccc2)c(F)c1)N1CCN(CCCC2=CC=C3CCCNC3N2)C1=O. The summed E-state index contributed by atoms with van der Waals surface area (Å²) in [5.74, 6) is -1.46. The Bertz CT molecular complexity index is 1210. The van der Waals surface area contributed by atoms with Crippen LogP contribution in [0, 0.1) is 5.82 Å². The summed E-state index contributed by atoms with van der Waals surface area (Å²) in [6, 6.07) is 13.1. The smallest absolute Gasteiger partial charge is 0.320 e. The molecule has 2 fully saturated rings. The molecule has 3 aliphatic rings. The highest BCUT2D eigenvalue weighted by Gasteiger charge is 2.35. The second-order valence-electron chi connectivity index (χ2n) is 9.85. The van der Waals surface area contributed by atoms with Gasteiger partial charge in [0.25, 0.3) is 0 Å². The number of nitrogens with zero attached hydrogens (tertiary/aromatic N) is 2. The maximum atomic E-state index is 15.1. The molecule has 2 aromatic carbocycles. The molecule has 0 aliphatic carbocycles. The number of carbonyl (C=O) groups excluding carboxylic acids is 1. The number of amides is 2. The maximum Gasteiger partial charge on any atom is 0.320 e. The first kappa shape index (κ1) is 25.0. The third-order valence-corrected chi connectivity index (χ3v) is 7.40. The summed E-state index contributed by atoms with van der Waals surface area (Å²) >= 11 is 0. The van der Waals surface area contributed by atoms with Crippen molar-refractivity contribution in [3.05, 3.63) is 83.3 Å². The van der Waals surface area contributed by atoms with Gasteiger partial charge in [-0.1, -0.05) is 48.5 Å². The minimum Gasteiger partial charge on any atom is -0.481 e. The van der Waals surface area contributed by atoms with Crippen LogP contribution >= 0.6 is 0 Å². The Morgan fingerprint density at radius 3 is 2.76 bits per heavy atom. The van der Waals surface area contributed by atoms with Crippen molar-refractivity contribution in [2.24, 2.45) is 0 Å². The Balaban J connectivity index is 1.23. The normalized spacial score (nSPS) is 20.1. The average molecular weight is 505 g/mol. The molecule has 2 atom stereocenters. The van der Waals surface area contributed by atoms with Gasteiger partial charge in [-0.3, -0.25) is 10.1 Å². The number of urea groups is 1. The first-order valence-electron chi connectivity index (χ1n) is 13.0. The molecular weight excluding hydrogens is 471 g/mol. The Kier molecular flexibility index (Phi) is 7.55. The monoisotopic (exact) mass is 504 g/mol. The van der Waals surface area contributed by atoms with Crippen molar-refractivity contribution in [3.63, 3.8) is 0 Å². The third-order valence-electron chi connectivity index (χ3n) is 7.40. The zero-order valence-corrected chi connectivity index (χ0v) is 20.8. The van der Waals surface area contributed by atoms with E-state index in [4.69, 9.17) is 0 Å². The van der Waals surface area contributed by atoms with Gasteiger partial charge in [0.2, 0.25) is 0 Å². The molecule has 37 heavy (non-hydrogen) atoms. The summed E-state index contributed by atoms with van der Waals surface area (Å²) in [5.41, 5.74) is 4.23. The number of carbonyl (C=O) groups is 2. The summed E-state index contributed by atoms with van der Waals surface area (Å²) < 4.78 is 15.1. The van der Waals surface area contributed by atoms with Crippen LogP contribution in [0.1, 0.15) is 43.7 Å². The van der Waals surface area contributed by atoms with Crippen LogP contribution in [0.2, 0.25) is 0 Å². The predicted octanol–water partition coefficient (Wildman–Crippen LogP) is 4.65. The lowest BCUT2D eigenvalue weighted by Gasteiger charge is -2.32. The van der Waals surface area contributed by atoms with Crippen molar-refractivity contribution >= 4 is 12.0 Å². The molecule has 0 bridgehead atoms. The van der Waals surface area contributed by atoms with E-state index in [1.54, 1.807) is 21.9 Å². The second-order valence-corrected chi connectivity index (χ2v) is 9.85. The standard InChI is InChI=1S/C29H33FN4O3/c30-25-18-22(11-13-24(25)20-6-2-1-3-7-20)26(19-27(35)36)34-17-16-33(29(34)37)15-5-9-23-12-10-21-8-4-14-31-28(21)32-23/h1-3,6-7,10-13,18,26,28,31-32H,4-5,8-9,14-17,19H2,(H,35,36)/t26-,28?/m1/s1. The number of halogens is 1. The van der Waals surface area contributed by atoms with Crippen molar-refractivity contribution in [2.45, 2.75) is 44.3 Å². The second kappa shape index (κ2) is 11.2. The number of benzene rings is 2. The number of allylic oxidation sites excluding steroid dienone is 3. The molecule has 3 N–H and O–H groups in total. The molecule has 3 aliphatic heterocycles. The molecule has 0 spiro atoms. The van der Waals surface area contributed by atoms with Gasteiger partial charge in [-0.15, -0.1) is 0 Å². The number of rotatable bonds is 9. The van der Waals surface area contributed by atoms with Crippen molar-refractivity contribution in [3.8, 4) is 11.1 Å². The average Bonchev–Trinajstić information content (AvgIpc) is 3.27. The fourth-order valence-electron chi connectivity index (χ4n) is 5.46. The van der Waals surface area contributed by atoms with Gasteiger partial charge >= 0.3 is 12.0 Å². The van der Waals surface area contributed by atoms with Gasteiger partial charge in [0.15, 0.2) is 0 Å². The maximum absolute atomic E-state index is 15.1. The molecule has 2 aromatic rings. The fourth-order valence-corrected chi connectivity index (χ4v) is 5.46. The Morgan fingerprint density at radius 1 is 1.14 bits per heavy atom. The van der Waals surface area contributed by atoms with E-state index in [2.05, 4.69) is 22.8 Å². The molecule has 2 amide bonds. The molecule has 0 aromatic heterocycles. The summed E-state index contributed by atoms with van der Waals surface area (Å²) in [4.78, 5) is 28.3. The molecule has 3 heterocycles. The van der Waals surface area contributed by atoms with E-state index in [0.717, 1.165) is 43.5 Å². The van der Waals surface area contributed by atoms with Crippen molar-refractivity contribution < 1.29 is 19.1 Å². The lowest BCUT2D eigenvalue weighted by Crippen LogP contribution is -2.47. The lowest BCUT2D eigenvalue weighted by molar-refractivity contribution is -0.138. The summed E-state index contributed by atoms with van der Waals surface area (Å²) in [6.07, 6.45) is 8.18. The molecule has 194 valence electrons. The molecule has 1 unspecified atom stereocenters. The fraction of sp³-hybridized carbons (Fsp3) is 0.379. The van der Waals surface area contributed by atoms with E-state index >= 15 is 4.39 Å². The van der Waals surface area contributed by atoms with Gasteiger partial charge in [0.1, 0.15) is 5.82 Å². The Labute approximate surface area is 216 Å². The van der Waals surface area contributed by atoms with Gasteiger partial charge < -0.3 is 20.2 Å². The van der Waals surface area contributed by atoms with Crippen LogP contribution in [0.15, 0.2) is 72.0 Å². The van der Waals surface area contributed by atoms with Crippen LogP contribution in [0.3, 0.4) is 0 Å². The number of aliphatic carboxylic acids is 1. The van der Waals surface area contributed by atoms with E-state index in [-0.39, 0.29) is 18.6 Å². The molecule has 8 heteroatoms. The number of hydrogen-bond acceptors (Lipinski definition) is 4. The van der Waals surface area contributed by atoms with Gasteiger partial charge in [-0.25, -0.2) is 9.18 Å². The first-order valence-corrected chi connectivity index (χ1v) is 13.0. The number of piperidine rings is 1. The van der Waals surface area contributed by atoms with E-state index in [1.807, 2.05) is 30.3 Å². The van der Waals surface area contributed by atoms with Crippen LogP contribution in [0.4, 0.5) is 9.18 Å². The molecule has 0 radical (unpaired) electrons. The van der Waals surface area contributed by atoms with E-state index in [0.29, 0.717) is 30.8 Å². The van der Waals surface area contributed by atoms with Crippen molar-refractivity contribution in [1.29, 1.82) is 0 Å². The minimum atomic E-state index is -1.03. The lowest BCUT2D eigenvalue weighted by atomic mass is 9.97.